The zero-order chi connectivity index (χ0) is 17.5. The molecule has 3 rings (SSSR count). The van der Waals surface area contributed by atoms with Gasteiger partial charge in [0, 0.05) is 23.5 Å². The summed E-state index contributed by atoms with van der Waals surface area (Å²) in [5, 5.41) is 0.827. The smallest absolute Gasteiger partial charge is 0.290 e. The van der Waals surface area contributed by atoms with E-state index in [1.54, 1.807) is 24.1 Å². The minimum absolute atomic E-state index is 0.0275. The van der Waals surface area contributed by atoms with E-state index in [4.69, 9.17) is 9.15 Å². The average Bonchev–Trinajstić information content (AvgIpc) is 3.07. The number of ether oxygens (including phenoxy) is 1. The molecule has 1 aliphatic rings. The van der Waals surface area contributed by atoms with E-state index in [1.165, 1.54) is 0 Å². The van der Waals surface area contributed by atoms with Gasteiger partial charge in [0.1, 0.15) is 11.3 Å². The Hall–Kier alpha value is -2.02. The molecule has 0 bridgehead atoms. The van der Waals surface area contributed by atoms with E-state index < -0.39 is 9.84 Å². The van der Waals surface area contributed by atoms with Crippen LogP contribution in [0.1, 0.15) is 29.5 Å². The van der Waals surface area contributed by atoms with Crippen molar-refractivity contribution in [2.75, 3.05) is 25.2 Å². The van der Waals surface area contributed by atoms with E-state index >= 15 is 0 Å². The van der Waals surface area contributed by atoms with Crippen molar-refractivity contribution in [1.29, 1.82) is 0 Å². The first kappa shape index (κ1) is 16.8. The van der Waals surface area contributed by atoms with Crippen molar-refractivity contribution in [2.45, 2.75) is 26.3 Å². The third-order valence-electron chi connectivity index (χ3n) is 4.59. The van der Waals surface area contributed by atoms with Crippen LogP contribution in [0.2, 0.25) is 0 Å². The molecule has 1 aromatic heterocycles. The molecular weight excluding hydrogens is 330 g/mol. The Bertz CT molecular complexity index is 884. The first-order valence-electron chi connectivity index (χ1n) is 7.95. The number of hydrogen-bond donors (Lipinski definition) is 0. The van der Waals surface area contributed by atoms with E-state index in [2.05, 4.69) is 0 Å². The lowest BCUT2D eigenvalue weighted by Gasteiger charge is -2.26. The maximum atomic E-state index is 12.9. The van der Waals surface area contributed by atoms with Gasteiger partial charge in [-0.25, -0.2) is 8.42 Å². The van der Waals surface area contributed by atoms with Gasteiger partial charge < -0.3 is 14.1 Å². The molecular formula is C17H21NO5S. The molecule has 7 heteroatoms. The highest BCUT2D eigenvalue weighted by Crippen LogP contribution is 2.30. The Labute approximate surface area is 141 Å². The molecule has 2 heterocycles. The summed E-state index contributed by atoms with van der Waals surface area (Å²) in [6.45, 7) is 4.13. The molecule has 130 valence electrons. The summed E-state index contributed by atoms with van der Waals surface area (Å²) in [5.41, 5.74) is 1.36. The predicted molar refractivity (Wildman–Crippen MR) is 91.3 cm³/mol. The Morgan fingerprint density at radius 2 is 2.17 bits per heavy atom. The monoisotopic (exact) mass is 351 g/mol. The van der Waals surface area contributed by atoms with Crippen LogP contribution in [0.4, 0.5) is 0 Å². The van der Waals surface area contributed by atoms with Crippen molar-refractivity contribution in [3.63, 3.8) is 0 Å². The minimum atomic E-state index is -3.05. The molecule has 0 aliphatic carbocycles. The Morgan fingerprint density at radius 3 is 2.75 bits per heavy atom. The first-order chi connectivity index (χ1) is 11.4. The molecule has 2 aromatic rings. The van der Waals surface area contributed by atoms with Crippen LogP contribution in [0.5, 0.6) is 5.75 Å². The Balaban J connectivity index is 1.96. The normalized spacial score (nSPS) is 19.5. The lowest BCUT2D eigenvalue weighted by Crippen LogP contribution is -2.41. The number of methoxy groups -OCH3 is 1. The fourth-order valence-electron chi connectivity index (χ4n) is 3.25. The van der Waals surface area contributed by atoms with Crippen LogP contribution >= 0.6 is 0 Å². The standard InChI is InChI=1S/C17H21NO5S/c1-4-18(12-7-8-24(20,21)10-12)17(19)16-11(2)14-9-13(22-3)5-6-15(14)23-16/h5-6,9,12H,4,7-8,10H2,1-3H3/t12-/m0/s1. The number of rotatable bonds is 4. The molecule has 1 amide bonds. The number of hydrogen-bond acceptors (Lipinski definition) is 5. The number of aryl methyl sites for hydroxylation is 1. The minimum Gasteiger partial charge on any atom is -0.497 e. The molecule has 1 aromatic carbocycles. The van der Waals surface area contributed by atoms with Crippen LogP contribution in [0, 0.1) is 6.92 Å². The number of sulfone groups is 1. The fourth-order valence-corrected chi connectivity index (χ4v) is 4.98. The summed E-state index contributed by atoms with van der Waals surface area (Å²) in [5.74, 6) is 0.869. The van der Waals surface area contributed by atoms with Crippen molar-refractivity contribution in [1.82, 2.24) is 4.90 Å². The van der Waals surface area contributed by atoms with Gasteiger partial charge in [0.2, 0.25) is 0 Å². The van der Waals surface area contributed by atoms with Gasteiger partial charge in [-0.15, -0.1) is 0 Å². The molecule has 24 heavy (non-hydrogen) atoms. The number of benzene rings is 1. The molecule has 0 N–H and O–H groups in total. The van der Waals surface area contributed by atoms with Gasteiger partial charge in [-0.05, 0) is 38.5 Å². The van der Waals surface area contributed by atoms with Crippen LogP contribution < -0.4 is 4.74 Å². The van der Waals surface area contributed by atoms with Gasteiger partial charge in [-0.1, -0.05) is 0 Å². The zero-order valence-electron chi connectivity index (χ0n) is 14.0. The molecule has 0 unspecified atom stereocenters. The number of amides is 1. The zero-order valence-corrected chi connectivity index (χ0v) is 14.9. The highest BCUT2D eigenvalue weighted by Gasteiger charge is 2.35. The lowest BCUT2D eigenvalue weighted by atomic mass is 10.1. The van der Waals surface area contributed by atoms with Gasteiger partial charge in [-0.3, -0.25) is 4.79 Å². The van der Waals surface area contributed by atoms with Gasteiger partial charge in [-0.2, -0.15) is 0 Å². The number of fused-ring (bicyclic) bond motifs is 1. The van der Waals surface area contributed by atoms with Crippen LogP contribution in [-0.2, 0) is 9.84 Å². The maximum absolute atomic E-state index is 12.9. The summed E-state index contributed by atoms with van der Waals surface area (Å²) in [6.07, 6.45) is 0.481. The molecule has 1 atom stereocenters. The van der Waals surface area contributed by atoms with Crippen molar-refractivity contribution in [3.05, 3.63) is 29.5 Å². The van der Waals surface area contributed by atoms with Gasteiger partial charge in [0.25, 0.3) is 5.91 Å². The summed E-state index contributed by atoms with van der Waals surface area (Å²) in [4.78, 5) is 14.5. The fraction of sp³-hybridized carbons (Fsp3) is 0.471. The average molecular weight is 351 g/mol. The molecule has 1 fully saturated rings. The summed E-state index contributed by atoms with van der Waals surface area (Å²) >= 11 is 0. The highest BCUT2D eigenvalue weighted by atomic mass is 32.2. The van der Waals surface area contributed by atoms with Crippen LogP contribution in [0.15, 0.2) is 22.6 Å². The van der Waals surface area contributed by atoms with Crippen molar-refractivity contribution in [3.8, 4) is 5.75 Å². The number of carbonyl (C=O) groups is 1. The summed E-state index contributed by atoms with van der Waals surface area (Å²) in [7, 11) is -1.47. The predicted octanol–water partition coefficient (Wildman–Crippen LogP) is 2.40. The third-order valence-corrected chi connectivity index (χ3v) is 6.34. The lowest BCUT2D eigenvalue weighted by molar-refractivity contribution is 0.0677. The summed E-state index contributed by atoms with van der Waals surface area (Å²) in [6, 6.07) is 5.10. The van der Waals surface area contributed by atoms with E-state index in [-0.39, 0.29) is 29.2 Å². The van der Waals surface area contributed by atoms with E-state index in [9.17, 15) is 13.2 Å². The van der Waals surface area contributed by atoms with Gasteiger partial charge in [0.15, 0.2) is 15.6 Å². The molecule has 0 spiro atoms. The number of carbonyl (C=O) groups excluding carboxylic acids is 1. The van der Waals surface area contributed by atoms with Crippen molar-refractivity contribution >= 4 is 26.7 Å². The molecule has 0 radical (unpaired) electrons. The van der Waals surface area contributed by atoms with Crippen molar-refractivity contribution in [2.24, 2.45) is 0 Å². The van der Waals surface area contributed by atoms with Gasteiger partial charge in [0.05, 0.1) is 18.6 Å². The largest absolute Gasteiger partial charge is 0.497 e. The first-order valence-corrected chi connectivity index (χ1v) is 9.77. The topological polar surface area (TPSA) is 76.8 Å². The van der Waals surface area contributed by atoms with E-state index in [1.807, 2.05) is 19.9 Å². The van der Waals surface area contributed by atoms with Crippen molar-refractivity contribution < 1.29 is 22.4 Å². The Kier molecular flexibility index (Phi) is 4.29. The van der Waals surface area contributed by atoms with Crippen LogP contribution in [0.3, 0.4) is 0 Å². The van der Waals surface area contributed by atoms with E-state index in [0.29, 0.717) is 24.3 Å². The third kappa shape index (κ3) is 2.88. The SMILES string of the molecule is CCN(C(=O)c1oc2ccc(OC)cc2c1C)[C@H]1CCS(=O)(=O)C1. The van der Waals surface area contributed by atoms with Crippen LogP contribution in [-0.4, -0.2) is 50.4 Å². The number of nitrogens with zero attached hydrogens (tertiary/aromatic N) is 1. The van der Waals surface area contributed by atoms with E-state index in [0.717, 1.165) is 10.9 Å². The molecule has 1 saturated heterocycles. The second-order valence-electron chi connectivity index (χ2n) is 6.07. The summed E-state index contributed by atoms with van der Waals surface area (Å²) < 4.78 is 34.4. The molecule has 1 aliphatic heterocycles. The highest BCUT2D eigenvalue weighted by molar-refractivity contribution is 7.91. The number of furan rings is 1. The molecule has 6 nitrogen and oxygen atoms in total. The van der Waals surface area contributed by atoms with Gasteiger partial charge >= 0.3 is 0 Å². The van der Waals surface area contributed by atoms with Crippen LogP contribution in [0.25, 0.3) is 11.0 Å². The second-order valence-corrected chi connectivity index (χ2v) is 8.30. The second kappa shape index (κ2) is 6.12. The molecule has 0 saturated carbocycles. The quantitative estimate of drug-likeness (QED) is 0.845. The maximum Gasteiger partial charge on any atom is 0.290 e. The Morgan fingerprint density at radius 1 is 1.42 bits per heavy atom.